The van der Waals surface area contributed by atoms with Gasteiger partial charge in [-0.25, -0.2) is 5.43 Å². The van der Waals surface area contributed by atoms with Crippen molar-refractivity contribution in [3.8, 4) is 0 Å². The van der Waals surface area contributed by atoms with E-state index in [0.717, 1.165) is 21.8 Å². The Bertz CT molecular complexity index is 1060. The van der Waals surface area contributed by atoms with Crippen LogP contribution in [-0.2, 0) is 0 Å². The van der Waals surface area contributed by atoms with Crippen LogP contribution in [0, 0.1) is 0 Å². The highest BCUT2D eigenvalue weighted by molar-refractivity contribution is 7.99. The molecule has 0 fully saturated rings. The first kappa shape index (κ1) is 17.6. The van der Waals surface area contributed by atoms with Gasteiger partial charge in [0, 0.05) is 9.79 Å². The van der Waals surface area contributed by atoms with Gasteiger partial charge in [-0.2, -0.15) is 5.10 Å². The van der Waals surface area contributed by atoms with E-state index in [9.17, 15) is 4.79 Å². The van der Waals surface area contributed by atoms with Crippen LogP contribution in [0.2, 0.25) is 5.02 Å². The lowest BCUT2D eigenvalue weighted by Crippen LogP contribution is -2.19. The van der Waals surface area contributed by atoms with Gasteiger partial charge in [0.2, 0.25) is 0 Å². The number of hydrogen-bond donors (Lipinski definition) is 2. The first-order valence-corrected chi connectivity index (χ1v) is 9.59. The number of nitrogens with one attached hydrogen (secondary N) is 2. The third-order valence-electron chi connectivity index (χ3n) is 4.22. The predicted octanol–water partition coefficient (Wildman–Crippen LogP) is 5.70. The third kappa shape index (κ3) is 3.70. The van der Waals surface area contributed by atoms with E-state index in [1.807, 2.05) is 31.2 Å². The summed E-state index contributed by atoms with van der Waals surface area (Å²) in [6.45, 7) is 1.86. The summed E-state index contributed by atoms with van der Waals surface area (Å²) >= 11 is 7.79. The largest absolute Gasteiger partial charge is 0.354 e. The molecule has 1 aliphatic rings. The number of hydrazone groups is 1. The van der Waals surface area contributed by atoms with Gasteiger partial charge >= 0.3 is 0 Å². The molecule has 0 unspecified atom stereocenters. The van der Waals surface area contributed by atoms with Crippen LogP contribution < -0.4 is 10.7 Å². The molecule has 1 heterocycles. The molecule has 1 amide bonds. The number of anilines is 2. The molecule has 4 nitrogen and oxygen atoms in total. The summed E-state index contributed by atoms with van der Waals surface area (Å²) in [7, 11) is 0. The second kappa shape index (κ2) is 7.47. The molecule has 6 heteroatoms. The fraction of sp³-hybridized carbons (Fsp3) is 0.0476. The first-order valence-electron chi connectivity index (χ1n) is 8.39. The van der Waals surface area contributed by atoms with Crippen LogP contribution in [0.15, 0.2) is 81.6 Å². The zero-order chi connectivity index (χ0) is 18.8. The SMILES string of the molecule is CC(=NNC(=O)c1ccccc1Cl)c1ccc2c(c1)Nc1ccccc1S2. The van der Waals surface area contributed by atoms with E-state index >= 15 is 0 Å². The minimum atomic E-state index is -0.333. The molecule has 2 N–H and O–H groups in total. The molecule has 0 spiro atoms. The summed E-state index contributed by atoms with van der Waals surface area (Å²) < 4.78 is 0. The monoisotopic (exact) mass is 393 g/mol. The number of para-hydroxylation sites is 1. The average Bonchev–Trinajstić information content (AvgIpc) is 2.70. The first-order chi connectivity index (χ1) is 13.1. The van der Waals surface area contributed by atoms with Crippen LogP contribution in [0.25, 0.3) is 0 Å². The molecule has 27 heavy (non-hydrogen) atoms. The fourth-order valence-electron chi connectivity index (χ4n) is 2.77. The Morgan fingerprint density at radius 1 is 1.00 bits per heavy atom. The maximum Gasteiger partial charge on any atom is 0.272 e. The van der Waals surface area contributed by atoms with E-state index in [1.54, 1.807) is 36.0 Å². The van der Waals surface area contributed by atoms with Crippen molar-refractivity contribution in [3.05, 3.63) is 82.9 Å². The maximum absolute atomic E-state index is 12.3. The number of amides is 1. The molecular formula is C21H16ClN3OS. The quantitative estimate of drug-likeness (QED) is 0.346. The fourth-order valence-corrected chi connectivity index (χ4v) is 3.96. The van der Waals surface area contributed by atoms with Gasteiger partial charge in [0.1, 0.15) is 0 Å². The highest BCUT2D eigenvalue weighted by Crippen LogP contribution is 2.44. The normalized spacial score (nSPS) is 12.6. The molecular weight excluding hydrogens is 378 g/mol. The van der Waals surface area contributed by atoms with Crippen molar-refractivity contribution in [1.82, 2.24) is 5.43 Å². The summed E-state index contributed by atoms with van der Waals surface area (Å²) in [5, 5.41) is 8.08. The zero-order valence-corrected chi connectivity index (χ0v) is 16.1. The molecule has 0 atom stereocenters. The van der Waals surface area contributed by atoms with Crippen LogP contribution in [0.4, 0.5) is 11.4 Å². The molecule has 4 rings (SSSR count). The smallest absolute Gasteiger partial charge is 0.272 e. The Morgan fingerprint density at radius 3 is 2.59 bits per heavy atom. The molecule has 134 valence electrons. The van der Waals surface area contributed by atoms with E-state index in [4.69, 9.17) is 11.6 Å². The highest BCUT2D eigenvalue weighted by Gasteiger charge is 2.16. The predicted molar refractivity (Wildman–Crippen MR) is 111 cm³/mol. The second-order valence-corrected chi connectivity index (χ2v) is 7.54. The van der Waals surface area contributed by atoms with Crippen molar-refractivity contribution in [1.29, 1.82) is 0 Å². The lowest BCUT2D eigenvalue weighted by molar-refractivity contribution is 0.0955. The molecule has 3 aromatic rings. The van der Waals surface area contributed by atoms with Crippen molar-refractivity contribution in [2.75, 3.05) is 5.32 Å². The van der Waals surface area contributed by atoms with Crippen LogP contribution in [0.1, 0.15) is 22.8 Å². The summed E-state index contributed by atoms with van der Waals surface area (Å²) in [6.07, 6.45) is 0. The summed E-state index contributed by atoms with van der Waals surface area (Å²) in [5.74, 6) is -0.333. The molecule has 0 aromatic heterocycles. The molecule has 1 aliphatic heterocycles. The number of carbonyl (C=O) groups is 1. The second-order valence-electron chi connectivity index (χ2n) is 6.05. The van der Waals surface area contributed by atoms with Gasteiger partial charge in [-0.1, -0.05) is 53.7 Å². The molecule has 0 saturated carbocycles. The van der Waals surface area contributed by atoms with Crippen molar-refractivity contribution in [2.24, 2.45) is 5.10 Å². The summed E-state index contributed by atoms with van der Waals surface area (Å²) in [4.78, 5) is 14.6. The zero-order valence-electron chi connectivity index (χ0n) is 14.5. The Labute approximate surface area is 166 Å². The molecule has 0 bridgehead atoms. The Hall–Kier alpha value is -2.76. The maximum atomic E-state index is 12.3. The van der Waals surface area contributed by atoms with E-state index in [1.165, 1.54) is 4.90 Å². The minimum absolute atomic E-state index is 0.333. The van der Waals surface area contributed by atoms with Gasteiger partial charge in [0.15, 0.2) is 0 Å². The number of hydrogen-bond acceptors (Lipinski definition) is 4. The van der Waals surface area contributed by atoms with Crippen LogP contribution in [0.5, 0.6) is 0 Å². The Kier molecular flexibility index (Phi) is 4.88. The number of nitrogens with zero attached hydrogens (tertiary/aromatic N) is 1. The van der Waals surface area contributed by atoms with Gasteiger partial charge in [-0.3, -0.25) is 4.79 Å². The van der Waals surface area contributed by atoms with Gasteiger partial charge in [0.25, 0.3) is 5.91 Å². The van der Waals surface area contributed by atoms with Crippen LogP contribution in [-0.4, -0.2) is 11.6 Å². The lowest BCUT2D eigenvalue weighted by Gasteiger charge is -2.21. The molecule has 0 aliphatic carbocycles. The van der Waals surface area contributed by atoms with E-state index in [0.29, 0.717) is 16.3 Å². The number of benzene rings is 3. The van der Waals surface area contributed by atoms with E-state index < -0.39 is 0 Å². The van der Waals surface area contributed by atoms with Gasteiger partial charge in [-0.15, -0.1) is 0 Å². The van der Waals surface area contributed by atoms with Crippen molar-refractivity contribution < 1.29 is 4.79 Å². The minimum Gasteiger partial charge on any atom is -0.354 e. The number of halogens is 1. The van der Waals surface area contributed by atoms with Crippen molar-refractivity contribution >= 4 is 46.4 Å². The highest BCUT2D eigenvalue weighted by atomic mass is 35.5. The van der Waals surface area contributed by atoms with Crippen molar-refractivity contribution in [3.63, 3.8) is 0 Å². The third-order valence-corrected chi connectivity index (χ3v) is 5.70. The van der Waals surface area contributed by atoms with Gasteiger partial charge in [0.05, 0.1) is 27.7 Å². The van der Waals surface area contributed by atoms with Crippen LogP contribution >= 0.6 is 23.4 Å². The number of carbonyl (C=O) groups excluding carboxylic acids is 1. The molecule has 0 radical (unpaired) electrons. The lowest BCUT2D eigenvalue weighted by atomic mass is 10.1. The van der Waals surface area contributed by atoms with E-state index in [-0.39, 0.29) is 5.91 Å². The van der Waals surface area contributed by atoms with Crippen LogP contribution in [0.3, 0.4) is 0 Å². The summed E-state index contributed by atoms with van der Waals surface area (Å²) in [6, 6.07) is 21.2. The van der Waals surface area contributed by atoms with Crippen molar-refractivity contribution in [2.45, 2.75) is 16.7 Å². The molecule has 0 saturated heterocycles. The number of fused-ring (bicyclic) bond motifs is 2. The standard InChI is InChI=1S/C21H16ClN3OS/c1-13(24-25-21(26)15-6-2-3-7-16(15)22)14-10-11-20-18(12-14)23-17-8-4-5-9-19(17)27-20/h2-12,23H,1H3,(H,25,26). The Balaban J connectivity index is 1.53. The Morgan fingerprint density at radius 2 is 1.74 bits per heavy atom. The van der Waals surface area contributed by atoms with Gasteiger partial charge in [-0.05, 0) is 48.9 Å². The molecule has 3 aromatic carbocycles. The van der Waals surface area contributed by atoms with E-state index in [2.05, 4.69) is 34.0 Å². The number of rotatable bonds is 3. The average molecular weight is 394 g/mol. The van der Waals surface area contributed by atoms with Gasteiger partial charge < -0.3 is 5.32 Å². The topological polar surface area (TPSA) is 53.5 Å². The summed E-state index contributed by atoms with van der Waals surface area (Å²) in [5.41, 5.74) is 6.74.